The summed E-state index contributed by atoms with van der Waals surface area (Å²) in [6, 6.07) is 8.08. The van der Waals surface area contributed by atoms with Crippen LogP contribution in [-0.4, -0.2) is 17.5 Å². The second kappa shape index (κ2) is 6.31. The number of nitrogens with zero attached hydrogens (tertiary/aromatic N) is 2. The predicted octanol–water partition coefficient (Wildman–Crippen LogP) is -1.01. The molecule has 0 bridgehead atoms. The Morgan fingerprint density at radius 1 is 1.33 bits per heavy atom. The molecule has 3 rings (SSSR count). The molecule has 112 valence electrons. The van der Waals surface area contributed by atoms with E-state index in [1.165, 1.54) is 11.5 Å². The van der Waals surface area contributed by atoms with Crippen molar-refractivity contribution >= 4 is 5.78 Å². The summed E-state index contributed by atoms with van der Waals surface area (Å²) in [7, 11) is 1.67. The normalized spacial score (nSPS) is 12.7. The van der Waals surface area contributed by atoms with E-state index >= 15 is 0 Å². The molecule has 0 saturated carbocycles. The third-order valence-electron chi connectivity index (χ3n) is 3.77. The van der Waals surface area contributed by atoms with Crippen molar-refractivity contribution in [1.29, 1.82) is 0 Å². The van der Waals surface area contributed by atoms with Crippen molar-refractivity contribution in [3.63, 3.8) is 0 Å². The Balaban J connectivity index is 0.00000161. The van der Waals surface area contributed by atoms with E-state index < -0.39 is 0 Å². The van der Waals surface area contributed by atoms with Crippen LogP contribution in [0.1, 0.15) is 19.2 Å². The van der Waals surface area contributed by atoms with Crippen LogP contribution in [0.5, 0.6) is 5.75 Å². The summed E-state index contributed by atoms with van der Waals surface area (Å²) in [4.78, 5) is 11.4. The van der Waals surface area contributed by atoms with Gasteiger partial charge in [0.1, 0.15) is 18.5 Å². The third kappa shape index (κ3) is 2.95. The standard InChI is InChI=1S/C16H19N2O2.ClH/c1-12(19)10-17-11-15(18-9-3-4-16(17)18)13-5-7-14(20-2)8-6-13;/h5-8,11H,3-4,9-10H2,1-2H3;1H/q+1;/p-1. The summed E-state index contributed by atoms with van der Waals surface area (Å²) >= 11 is 0. The Labute approximate surface area is 130 Å². The number of ketones is 1. The van der Waals surface area contributed by atoms with Crippen LogP contribution in [0, 0.1) is 0 Å². The largest absolute Gasteiger partial charge is 1.00 e. The zero-order valence-electron chi connectivity index (χ0n) is 12.3. The summed E-state index contributed by atoms with van der Waals surface area (Å²) in [5.41, 5.74) is 2.35. The smallest absolute Gasteiger partial charge is 0.257 e. The third-order valence-corrected chi connectivity index (χ3v) is 3.77. The van der Waals surface area contributed by atoms with Crippen molar-refractivity contribution in [1.82, 2.24) is 4.57 Å². The van der Waals surface area contributed by atoms with E-state index in [4.69, 9.17) is 4.74 Å². The molecular weight excluding hydrogens is 288 g/mol. The Bertz CT molecular complexity index is 647. The fourth-order valence-electron chi connectivity index (χ4n) is 2.88. The lowest BCUT2D eigenvalue weighted by molar-refractivity contribution is -0.690. The zero-order chi connectivity index (χ0) is 14.1. The first kappa shape index (κ1) is 15.6. The minimum absolute atomic E-state index is 0. The van der Waals surface area contributed by atoms with Gasteiger partial charge < -0.3 is 17.1 Å². The number of benzene rings is 1. The Hall–Kier alpha value is -1.81. The molecule has 2 heterocycles. The highest BCUT2D eigenvalue weighted by atomic mass is 35.5. The van der Waals surface area contributed by atoms with E-state index in [2.05, 4.69) is 27.5 Å². The van der Waals surface area contributed by atoms with Gasteiger partial charge in [-0.1, -0.05) is 0 Å². The predicted molar refractivity (Wildman–Crippen MR) is 75.6 cm³/mol. The van der Waals surface area contributed by atoms with Gasteiger partial charge in [0.05, 0.1) is 20.1 Å². The summed E-state index contributed by atoms with van der Waals surface area (Å²) in [5.74, 6) is 2.31. The quantitative estimate of drug-likeness (QED) is 0.679. The molecule has 1 aliphatic rings. The van der Waals surface area contributed by atoms with E-state index in [1.807, 2.05) is 12.1 Å². The molecule has 0 spiro atoms. The number of hydrogen-bond acceptors (Lipinski definition) is 2. The molecular formula is C16H19ClN2O2. The van der Waals surface area contributed by atoms with E-state index in [-0.39, 0.29) is 18.2 Å². The minimum Gasteiger partial charge on any atom is -1.00 e. The van der Waals surface area contributed by atoms with Gasteiger partial charge in [0.2, 0.25) is 0 Å². The number of fused-ring (bicyclic) bond motifs is 1. The molecule has 0 atom stereocenters. The SMILES string of the molecule is COc1ccc(-c2c[n+](CC(C)=O)c3n2CCC3)cc1.[Cl-]. The minimum atomic E-state index is 0. The van der Waals surface area contributed by atoms with E-state index in [9.17, 15) is 4.79 Å². The van der Waals surface area contributed by atoms with Gasteiger partial charge in [-0.15, -0.1) is 0 Å². The second-order valence-corrected chi connectivity index (χ2v) is 5.24. The van der Waals surface area contributed by atoms with Crippen LogP contribution < -0.4 is 21.7 Å². The van der Waals surface area contributed by atoms with Crippen molar-refractivity contribution in [2.45, 2.75) is 32.9 Å². The van der Waals surface area contributed by atoms with E-state index in [0.717, 1.165) is 30.7 Å². The zero-order valence-corrected chi connectivity index (χ0v) is 13.1. The van der Waals surface area contributed by atoms with Crippen LogP contribution in [0.15, 0.2) is 30.5 Å². The molecule has 0 saturated heterocycles. The Kier molecular flexibility index (Phi) is 4.68. The number of ether oxygens (including phenoxy) is 1. The number of halogens is 1. The number of carbonyl (C=O) groups excluding carboxylic acids is 1. The first-order valence-electron chi connectivity index (χ1n) is 6.95. The molecule has 5 heteroatoms. The van der Waals surface area contributed by atoms with Crippen LogP contribution in [-0.2, 0) is 24.3 Å². The van der Waals surface area contributed by atoms with Gasteiger partial charge in [0, 0.05) is 5.56 Å². The lowest BCUT2D eigenvalue weighted by Crippen LogP contribution is -3.00. The molecule has 1 aromatic carbocycles. The summed E-state index contributed by atoms with van der Waals surface area (Å²) in [6.45, 7) is 3.13. The molecule has 2 aromatic rings. The molecule has 0 amide bonds. The summed E-state index contributed by atoms with van der Waals surface area (Å²) in [6.07, 6.45) is 4.29. The number of Topliss-reactive ketones (excluding diaryl/α,β-unsaturated/α-hetero) is 1. The van der Waals surface area contributed by atoms with Crippen molar-refractivity contribution < 1.29 is 26.5 Å². The molecule has 1 aliphatic heterocycles. The number of imidazole rings is 1. The van der Waals surface area contributed by atoms with Gasteiger partial charge in [-0.2, -0.15) is 0 Å². The van der Waals surface area contributed by atoms with Gasteiger partial charge >= 0.3 is 0 Å². The number of rotatable bonds is 4. The number of carbonyl (C=O) groups is 1. The van der Waals surface area contributed by atoms with Crippen molar-refractivity contribution in [3.8, 4) is 17.0 Å². The summed E-state index contributed by atoms with van der Waals surface area (Å²) < 4.78 is 9.62. The monoisotopic (exact) mass is 306 g/mol. The molecule has 0 radical (unpaired) electrons. The van der Waals surface area contributed by atoms with Crippen molar-refractivity contribution in [2.75, 3.05) is 7.11 Å². The molecule has 0 aliphatic carbocycles. The molecule has 1 aromatic heterocycles. The van der Waals surface area contributed by atoms with Crippen molar-refractivity contribution in [3.05, 3.63) is 36.3 Å². The lowest BCUT2D eigenvalue weighted by atomic mass is 10.1. The van der Waals surface area contributed by atoms with Crippen LogP contribution in [0.25, 0.3) is 11.3 Å². The maximum atomic E-state index is 11.4. The fraction of sp³-hybridized carbons (Fsp3) is 0.375. The average Bonchev–Trinajstić information content (AvgIpc) is 3.02. The Morgan fingerprint density at radius 3 is 2.67 bits per heavy atom. The van der Waals surface area contributed by atoms with Crippen molar-refractivity contribution in [2.24, 2.45) is 0 Å². The highest BCUT2D eigenvalue weighted by Crippen LogP contribution is 2.26. The van der Waals surface area contributed by atoms with Gasteiger partial charge in [-0.05, 0) is 37.6 Å². The molecule has 4 nitrogen and oxygen atoms in total. The Morgan fingerprint density at radius 2 is 2.05 bits per heavy atom. The van der Waals surface area contributed by atoms with E-state index in [1.54, 1.807) is 14.0 Å². The van der Waals surface area contributed by atoms with Gasteiger partial charge in [-0.25, -0.2) is 9.13 Å². The first-order valence-corrected chi connectivity index (χ1v) is 6.95. The highest BCUT2D eigenvalue weighted by molar-refractivity contribution is 5.74. The van der Waals surface area contributed by atoms with E-state index in [0.29, 0.717) is 6.54 Å². The highest BCUT2D eigenvalue weighted by Gasteiger charge is 2.28. The number of hydrogen-bond donors (Lipinski definition) is 0. The van der Waals surface area contributed by atoms with Gasteiger partial charge in [0.25, 0.3) is 5.82 Å². The van der Waals surface area contributed by atoms with Crippen LogP contribution in [0.2, 0.25) is 0 Å². The van der Waals surface area contributed by atoms with Crippen LogP contribution >= 0.6 is 0 Å². The maximum Gasteiger partial charge on any atom is 0.257 e. The molecule has 0 N–H and O–H groups in total. The first-order chi connectivity index (χ1) is 9.69. The van der Waals surface area contributed by atoms with Crippen LogP contribution in [0.4, 0.5) is 0 Å². The van der Waals surface area contributed by atoms with Crippen LogP contribution in [0.3, 0.4) is 0 Å². The van der Waals surface area contributed by atoms with Gasteiger partial charge in [0.15, 0.2) is 11.5 Å². The lowest BCUT2D eigenvalue weighted by Gasteiger charge is -2.01. The maximum absolute atomic E-state index is 11.4. The molecule has 21 heavy (non-hydrogen) atoms. The van der Waals surface area contributed by atoms with Gasteiger partial charge in [-0.3, -0.25) is 4.79 Å². The number of methoxy groups -OCH3 is 1. The average molecular weight is 307 g/mol. The molecule has 0 fully saturated rings. The second-order valence-electron chi connectivity index (χ2n) is 5.24. The summed E-state index contributed by atoms with van der Waals surface area (Å²) in [5, 5.41) is 0. The fourth-order valence-corrected chi connectivity index (χ4v) is 2.88. The number of aromatic nitrogens is 2. The topological polar surface area (TPSA) is 35.1 Å². The molecule has 0 unspecified atom stereocenters.